The van der Waals surface area contributed by atoms with Crippen molar-refractivity contribution in [3.63, 3.8) is 0 Å². The zero-order valence-electron chi connectivity index (χ0n) is 12.5. The molecule has 2 aliphatic heterocycles. The number of hydrogen-bond acceptors (Lipinski definition) is 4. The topological polar surface area (TPSA) is 43.5 Å². The van der Waals surface area contributed by atoms with E-state index in [1.807, 2.05) is 36.4 Å². The Kier molecular flexibility index (Phi) is 4.61. The number of rotatable bonds is 9. The van der Waals surface area contributed by atoms with E-state index in [0.717, 1.165) is 30.1 Å². The van der Waals surface area contributed by atoms with Crippen molar-refractivity contribution in [3.05, 3.63) is 60.9 Å². The van der Waals surface area contributed by atoms with Gasteiger partial charge in [-0.15, -0.1) is 0 Å². The van der Waals surface area contributed by atoms with Gasteiger partial charge in [0, 0.05) is 0 Å². The number of epoxide rings is 2. The summed E-state index contributed by atoms with van der Waals surface area (Å²) in [7, 11) is 0. The van der Waals surface area contributed by atoms with Crippen LogP contribution in [-0.4, -0.2) is 38.6 Å². The van der Waals surface area contributed by atoms with E-state index in [1.54, 1.807) is 0 Å². The van der Waals surface area contributed by atoms with Crippen LogP contribution in [0.4, 0.5) is 0 Å². The molecule has 4 heteroatoms. The first-order valence-electron chi connectivity index (χ1n) is 7.36. The quantitative estimate of drug-likeness (QED) is 0.399. The van der Waals surface area contributed by atoms with Crippen LogP contribution in [0.15, 0.2) is 55.3 Å². The lowest BCUT2D eigenvalue weighted by molar-refractivity contribution is 0.194. The van der Waals surface area contributed by atoms with Crippen LogP contribution in [0.5, 0.6) is 5.75 Å². The van der Waals surface area contributed by atoms with Crippen molar-refractivity contribution in [2.45, 2.75) is 12.2 Å². The molecule has 3 rings (SSSR count). The van der Waals surface area contributed by atoms with Crippen molar-refractivity contribution in [1.29, 1.82) is 0 Å². The first-order valence-corrected chi connectivity index (χ1v) is 7.36. The van der Waals surface area contributed by atoms with Gasteiger partial charge >= 0.3 is 0 Å². The van der Waals surface area contributed by atoms with Crippen molar-refractivity contribution >= 4 is 5.57 Å². The Morgan fingerprint density at radius 1 is 1.05 bits per heavy atom. The highest BCUT2D eigenvalue weighted by Crippen LogP contribution is 2.20. The summed E-state index contributed by atoms with van der Waals surface area (Å²) in [6.07, 6.45) is 4.22. The maximum atomic E-state index is 5.60. The molecule has 2 aliphatic rings. The van der Waals surface area contributed by atoms with Gasteiger partial charge in [0.1, 0.15) is 36.9 Å². The average Bonchev–Trinajstić information content (AvgIpc) is 3.43. The Labute approximate surface area is 130 Å². The molecule has 2 fully saturated rings. The van der Waals surface area contributed by atoms with Gasteiger partial charge < -0.3 is 18.9 Å². The third-order valence-corrected chi connectivity index (χ3v) is 3.39. The van der Waals surface area contributed by atoms with Crippen molar-refractivity contribution in [3.8, 4) is 5.75 Å². The summed E-state index contributed by atoms with van der Waals surface area (Å²) in [5, 5.41) is 0. The van der Waals surface area contributed by atoms with E-state index in [9.17, 15) is 0 Å². The Morgan fingerprint density at radius 3 is 2.32 bits per heavy atom. The molecule has 0 saturated carbocycles. The van der Waals surface area contributed by atoms with Gasteiger partial charge in [0.25, 0.3) is 0 Å². The van der Waals surface area contributed by atoms with E-state index in [2.05, 4.69) is 13.2 Å². The van der Waals surface area contributed by atoms with Crippen molar-refractivity contribution in [1.82, 2.24) is 0 Å². The summed E-state index contributed by atoms with van der Waals surface area (Å²) < 4.78 is 21.2. The predicted octanol–water partition coefficient (Wildman–Crippen LogP) is 2.96. The van der Waals surface area contributed by atoms with E-state index in [-0.39, 0.29) is 12.2 Å². The molecule has 0 spiro atoms. The third-order valence-electron chi connectivity index (χ3n) is 3.39. The Morgan fingerprint density at radius 2 is 1.68 bits per heavy atom. The van der Waals surface area contributed by atoms with Crippen LogP contribution in [0.1, 0.15) is 5.56 Å². The second kappa shape index (κ2) is 6.81. The zero-order valence-corrected chi connectivity index (χ0v) is 12.5. The molecule has 2 saturated heterocycles. The van der Waals surface area contributed by atoms with E-state index < -0.39 is 0 Å². The van der Waals surface area contributed by atoms with E-state index in [4.69, 9.17) is 18.9 Å². The standard InChI is InChI=1S/C18H20O4/c1-13(3-4-14(2)19-9-17-11-21-17)15-5-7-16(8-6-15)20-10-18-12-22-18/h3-8,17-18H,1-2,9-12H2/b4-3-. The maximum Gasteiger partial charge on any atom is 0.119 e. The molecule has 0 radical (unpaired) electrons. The molecule has 0 aromatic heterocycles. The molecule has 1 aromatic rings. The molecule has 1 aromatic carbocycles. The summed E-state index contributed by atoms with van der Waals surface area (Å²) in [5.41, 5.74) is 1.93. The molecule has 0 aliphatic carbocycles. The fourth-order valence-electron chi connectivity index (χ4n) is 1.82. The molecule has 0 bridgehead atoms. The van der Waals surface area contributed by atoms with Gasteiger partial charge in [-0.05, 0) is 29.3 Å². The van der Waals surface area contributed by atoms with Gasteiger partial charge in [-0.25, -0.2) is 0 Å². The summed E-state index contributed by atoms with van der Waals surface area (Å²) in [6, 6.07) is 7.84. The van der Waals surface area contributed by atoms with Crippen LogP contribution in [0, 0.1) is 0 Å². The van der Waals surface area contributed by atoms with Crippen LogP contribution >= 0.6 is 0 Å². The molecule has 2 heterocycles. The van der Waals surface area contributed by atoms with E-state index in [1.165, 1.54) is 0 Å². The highest BCUT2D eigenvalue weighted by Gasteiger charge is 2.23. The summed E-state index contributed by atoms with van der Waals surface area (Å²) in [5.74, 6) is 1.45. The van der Waals surface area contributed by atoms with Gasteiger partial charge in [0.05, 0.1) is 13.2 Å². The van der Waals surface area contributed by atoms with Crippen LogP contribution in [0.3, 0.4) is 0 Å². The molecule has 4 nitrogen and oxygen atoms in total. The van der Waals surface area contributed by atoms with Crippen molar-refractivity contribution < 1.29 is 18.9 Å². The Balaban J connectivity index is 1.46. The first-order chi connectivity index (χ1) is 10.7. The maximum absolute atomic E-state index is 5.60. The second-order valence-corrected chi connectivity index (χ2v) is 5.38. The predicted molar refractivity (Wildman–Crippen MR) is 84.7 cm³/mol. The minimum atomic E-state index is 0.238. The number of hydrogen-bond donors (Lipinski definition) is 0. The Bertz CT molecular complexity index is 565. The fourth-order valence-corrected chi connectivity index (χ4v) is 1.82. The average molecular weight is 300 g/mol. The number of ether oxygens (including phenoxy) is 4. The molecule has 116 valence electrons. The lowest BCUT2D eigenvalue weighted by atomic mass is 10.1. The molecular formula is C18H20O4. The monoisotopic (exact) mass is 300 g/mol. The van der Waals surface area contributed by atoms with E-state index >= 15 is 0 Å². The molecule has 22 heavy (non-hydrogen) atoms. The van der Waals surface area contributed by atoms with Gasteiger partial charge in [-0.1, -0.05) is 31.4 Å². The normalized spacial score (nSPS) is 22.4. The number of benzene rings is 1. The minimum absolute atomic E-state index is 0.238. The van der Waals surface area contributed by atoms with E-state index in [0.29, 0.717) is 19.0 Å². The summed E-state index contributed by atoms with van der Waals surface area (Å²) >= 11 is 0. The first kappa shape index (κ1) is 14.9. The molecule has 2 unspecified atom stereocenters. The highest BCUT2D eigenvalue weighted by molar-refractivity contribution is 5.72. The van der Waals surface area contributed by atoms with Gasteiger partial charge in [-0.2, -0.15) is 0 Å². The third kappa shape index (κ3) is 4.76. The van der Waals surface area contributed by atoms with Crippen LogP contribution in [-0.2, 0) is 14.2 Å². The number of allylic oxidation sites excluding steroid dienone is 3. The van der Waals surface area contributed by atoms with Gasteiger partial charge in [0.2, 0.25) is 0 Å². The molecule has 2 atom stereocenters. The Hall–Kier alpha value is -2.04. The molecule has 0 amide bonds. The minimum Gasteiger partial charge on any atom is -0.491 e. The van der Waals surface area contributed by atoms with Gasteiger partial charge in [-0.3, -0.25) is 0 Å². The van der Waals surface area contributed by atoms with Crippen molar-refractivity contribution in [2.75, 3.05) is 26.4 Å². The smallest absolute Gasteiger partial charge is 0.119 e. The second-order valence-electron chi connectivity index (χ2n) is 5.38. The summed E-state index contributed by atoms with van der Waals surface area (Å²) in [4.78, 5) is 0. The highest BCUT2D eigenvalue weighted by atomic mass is 16.6. The van der Waals surface area contributed by atoms with Crippen LogP contribution < -0.4 is 4.74 Å². The largest absolute Gasteiger partial charge is 0.491 e. The summed E-state index contributed by atoms with van der Waals surface area (Å²) in [6.45, 7) is 10.7. The molecular weight excluding hydrogens is 280 g/mol. The lowest BCUT2D eigenvalue weighted by Gasteiger charge is -2.06. The zero-order chi connectivity index (χ0) is 15.4. The lowest BCUT2D eigenvalue weighted by Crippen LogP contribution is -2.03. The molecule has 0 N–H and O–H groups in total. The van der Waals surface area contributed by atoms with Gasteiger partial charge in [0.15, 0.2) is 0 Å². The fraction of sp³-hybridized carbons (Fsp3) is 0.333. The van der Waals surface area contributed by atoms with Crippen LogP contribution in [0.25, 0.3) is 5.57 Å². The van der Waals surface area contributed by atoms with Crippen LogP contribution in [0.2, 0.25) is 0 Å². The van der Waals surface area contributed by atoms with Crippen molar-refractivity contribution in [2.24, 2.45) is 0 Å². The SMILES string of the molecule is C=C(/C=C\C(=C)c1ccc(OCC2CO2)cc1)OCC1CO1.